The summed E-state index contributed by atoms with van der Waals surface area (Å²) in [4.78, 5) is 25.5. The monoisotopic (exact) mass is 437 g/mol. The van der Waals surface area contributed by atoms with Crippen LogP contribution in [0.4, 0.5) is 9.18 Å². The lowest BCUT2D eigenvalue weighted by Crippen LogP contribution is -2.31. The molecule has 0 unspecified atom stereocenters. The molecule has 160 valence electrons. The molecule has 1 N–H and O–H groups in total. The fourth-order valence-electron chi connectivity index (χ4n) is 4.07. The Hall–Kier alpha value is -2.81. The van der Waals surface area contributed by atoms with E-state index in [-0.39, 0.29) is 29.3 Å². The Morgan fingerprint density at radius 2 is 2.03 bits per heavy atom. The van der Waals surface area contributed by atoms with E-state index < -0.39 is 11.9 Å². The van der Waals surface area contributed by atoms with Gasteiger partial charge in [-0.3, -0.25) is 4.79 Å². The zero-order chi connectivity index (χ0) is 21.3. The summed E-state index contributed by atoms with van der Waals surface area (Å²) < 4.78 is 29.8. The smallest absolute Gasteiger partial charge is 0.410 e. The van der Waals surface area contributed by atoms with Crippen LogP contribution >= 0.6 is 11.6 Å². The second-order valence-electron chi connectivity index (χ2n) is 7.52. The van der Waals surface area contributed by atoms with Crippen molar-refractivity contribution in [3.05, 3.63) is 46.6 Å². The van der Waals surface area contributed by atoms with E-state index in [1.165, 1.54) is 25.2 Å². The number of likely N-dealkylation sites (tertiary alicyclic amines) is 1. The first-order valence-corrected chi connectivity index (χ1v) is 10.0. The molecule has 2 amide bonds. The lowest BCUT2D eigenvalue weighted by Gasteiger charge is -2.19. The topological polar surface area (TPSA) is 93.9 Å². The fraction of sp³-hybridized carbons (Fsp3) is 0.450. The Kier molecular flexibility index (Phi) is 5.80. The zero-order valence-electron chi connectivity index (χ0n) is 16.3. The van der Waals surface area contributed by atoms with E-state index in [1.807, 2.05) is 0 Å². The van der Waals surface area contributed by atoms with Gasteiger partial charge in [0.25, 0.3) is 5.91 Å². The van der Waals surface area contributed by atoms with E-state index in [0.29, 0.717) is 36.4 Å². The quantitative estimate of drug-likeness (QED) is 0.771. The molecular formula is C20H21ClFN3O5. The van der Waals surface area contributed by atoms with Crippen molar-refractivity contribution in [2.45, 2.75) is 25.6 Å². The first-order valence-electron chi connectivity index (χ1n) is 9.64. The largest absolute Gasteiger partial charge is 0.490 e. The Morgan fingerprint density at radius 1 is 1.30 bits per heavy atom. The summed E-state index contributed by atoms with van der Waals surface area (Å²) in [5, 5.41) is 6.13. The number of nitrogens with one attached hydrogen (secondary N) is 1. The molecule has 8 nitrogen and oxygen atoms in total. The van der Waals surface area contributed by atoms with Gasteiger partial charge in [0.05, 0.1) is 11.1 Å². The lowest BCUT2D eigenvalue weighted by atomic mass is 10.0. The summed E-state index contributed by atoms with van der Waals surface area (Å²) >= 11 is 5.70. The fourth-order valence-corrected chi connectivity index (χ4v) is 4.19. The maximum Gasteiger partial charge on any atom is 0.410 e. The van der Waals surface area contributed by atoms with Gasteiger partial charge in [0.1, 0.15) is 11.6 Å². The second-order valence-corrected chi connectivity index (χ2v) is 7.93. The maximum atomic E-state index is 13.6. The number of carbonyl (C=O) groups is 2. The van der Waals surface area contributed by atoms with Crippen molar-refractivity contribution in [2.24, 2.45) is 11.8 Å². The van der Waals surface area contributed by atoms with Crippen LogP contribution < -0.4 is 10.1 Å². The number of benzene rings is 1. The minimum atomic E-state index is -0.504. The van der Waals surface area contributed by atoms with E-state index in [2.05, 4.69) is 10.5 Å². The highest BCUT2D eigenvalue weighted by Crippen LogP contribution is 2.40. The van der Waals surface area contributed by atoms with Gasteiger partial charge in [-0.05, 0) is 36.8 Å². The summed E-state index contributed by atoms with van der Waals surface area (Å²) in [6, 6.07) is 5.86. The predicted octanol–water partition coefficient (Wildman–Crippen LogP) is 3.25. The average molecular weight is 438 g/mol. The normalized spacial score (nSPS) is 22.6. The van der Waals surface area contributed by atoms with Crippen LogP contribution in [0.2, 0.25) is 5.02 Å². The zero-order valence-corrected chi connectivity index (χ0v) is 17.0. The number of halogens is 2. The second kappa shape index (κ2) is 8.51. The third-order valence-corrected chi connectivity index (χ3v) is 5.82. The lowest BCUT2D eigenvalue weighted by molar-refractivity contribution is 0.0896. The highest BCUT2D eigenvalue weighted by atomic mass is 35.5. The molecule has 0 bridgehead atoms. The van der Waals surface area contributed by atoms with Crippen molar-refractivity contribution in [2.75, 3.05) is 20.1 Å². The molecule has 0 spiro atoms. The molecule has 1 aliphatic carbocycles. The Balaban J connectivity index is 1.24. The highest BCUT2D eigenvalue weighted by molar-refractivity contribution is 6.30. The molecule has 0 radical (unpaired) electrons. The molecule has 1 saturated carbocycles. The molecule has 2 aliphatic rings. The molecule has 1 aromatic heterocycles. The molecule has 2 fully saturated rings. The molecule has 30 heavy (non-hydrogen) atoms. The van der Waals surface area contributed by atoms with Crippen molar-refractivity contribution in [1.82, 2.24) is 15.4 Å². The predicted molar refractivity (Wildman–Crippen MR) is 104 cm³/mol. The summed E-state index contributed by atoms with van der Waals surface area (Å²) in [6.45, 7) is 1.07. The van der Waals surface area contributed by atoms with Crippen LogP contribution in [0, 0.1) is 17.7 Å². The number of hydrogen-bond acceptors (Lipinski definition) is 6. The Morgan fingerprint density at radius 3 is 2.70 bits per heavy atom. The van der Waals surface area contributed by atoms with E-state index in [4.69, 9.17) is 25.6 Å². The minimum absolute atomic E-state index is 0.0175. The van der Waals surface area contributed by atoms with Crippen LogP contribution in [-0.2, 0) is 11.3 Å². The van der Waals surface area contributed by atoms with Gasteiger partial charge in [-0.25, -0.2) is 9.18 Å². The number of rotatable bonds is 5. The third kappa shape index (κ3) is 4.35. The minimum Gasteiger partial charge on any atom is -0.490 e. The third-order valence-electron chi connectivity index (χ3n) is 5.52. The molecule has 1 aliphatic heterocycles. The summed E-state index contributed by atoms with van der Waals surface area (Å²) in [6.07, 6.45) is 1.13. The molecule has 4 rings (SSSR count). The van der Waals surface area contributed by atoms with Crippen LogP contribution in [0.5, 0.6) is 5.75 Å². The number of amides is 2. The number of hydrogen-bond donors (Lipinski definition) is 1. The van der Waals surface area contributed by atoms with Crippen molar-refractivity contribution in [3.8, 4) is 5.75 Å². The maximum absolute atomic E-state index is 13.6. The molecule has 1 saturated heterocycles. The van der Waals surface area contributed by atoms with Crippen LogP contribution in [0.3, 0.4) is 0 Å². The van der Waals surface area contributed by atoms with Crippen molar-refractivity contribution in [1.29, 1.82) is 0 Å². The number of aromatic nitrogens is 1. The van der Waals surface area contributed by atoms with Gasteiger partial charge in [0.15, 0.2) is 18.1 Å². The number of carbonyl (C=O) groups excluding carboxylic acids is 2. The van der Waals surface area contributed by atoms with E-state index in [0.717, 1.165) is 12.8 Å². The number of nitrogens with zero attached hydrogens (tertiary/aromatic N) is 2. The van der Waals surface area contributed by atoms with Crippen molar-refractivity contribution >= 4 is 23.6 Å². The van der Waals surface area contributed by atoms with Crippen LogP contribution in [0.1, 0.15) is 29.1 Å². The summed E-state index contributed by atoms with van der Waals surface area (Å²) in [5.41, 5.74) is 0.130. The first-order chi connectivity index (χ1) is 14.4. The summed E-state index contributed by atoms with van der Waals surface area (Å²) in [7, 11) is 1.49. The molecule has 3 atom stereocenters. The van der Waals surface area contributed by atoms with Gasteiger partial charge in [-0.1, -0.05) is 16.8 Å². The van der Waals surface area contributed by atoms with E-state index in [1.54, 1.807) is 11.0 Å². The molecule has 2 heterocycles. The Bertz CT molecular complexity index is 938. The standard InChI is InChI=1S/C20H21ClFN3O5/c1-23-19(26)18-7-15(30-24-18)10-28-20(27)25-8-11-4-14(5-12(11)9-25)29-13-2-3-16(21)17(22)6-13/h2-3,6-7,11-12,14H,4-5,8-10H2,1H3,(H,23,26)/t11-,12+,14-. The van der Waals surface area contributed by atoms with Crippen molar-refractivity contribution < 1.29 is 28.0 Å². The number of ether oxygens (including phenoxy) is 2. The van der Waals surface area contributed by atoms with Crippen LogP contribution in [0.15, 0.2) is 28.8 Å². The highest BCUT2D eigenvalue weighted by Gasteiger charge is 2.43. The SMILES string of the molecule is CNC(=O)c1cc(COC(=O)N2C[C@H]3C[C@@H](Oc4ccc(Cl)c(F)c4)C[C@H]3C2)on1. The van der Waals surface area contributed by atoms with Gasteiger partial charge in [0, 0.05) is 32.3 Å². The number of fused-ring (bicyclic) bond motifs is 1. The molecule has 2 aromatic rings. The van der Waals surface area contributed by atoms with Crippen LogP contribution in [0.25, 0.3) is 0 Å². The first kappa shape index (κ1) is 20.5. The molecular weight excluding hydrogens is 417 g/mol. The van der Waals surface area contributed by atoms with Gasteiger partial charge >= 0.3 is 6.09 Å². The van der Waals surface area contributed by atoms with Gasteiger partial charge in [-0.2, -0.15) is 0 Å². The van der Waals surface area contributed by atoms with E-state index in [9.17, 15) is 14.0 Å². The van der Waals surface area contributed by atoms with Gasteiger partial charge in [-0.15, -0.1) is 0 Å². The van der Waals surface area contributed by atoms with Gasteiger partial charge in [0.2, 0.25) is 0 Å². The van der Waals surface area contributed by atoms with Gasteiger partial charge < -0.3 is 24.2 Å². The van der Waals surface area contributed by atoms with E-state index >= 15 is 0 Å². The Labute approximate surface area is 177 Å². The molecule has 10 heteroatoms. The van der Waals surface area contributed by atoms with Crippen LogP contribution in [-0.4, -0.2) is 48.3 Å². The molecule has 1 aromatic carbocycles. The van der Waals surface area contributed by atoms with Crippen molar-refractivity contribution in [3.63, 3.8) is 0 Å². The summed E-state index contributed by atoms with van der Waals surface area (Å²) in [5.74, 6) is 0.498. The average Bonchev–Trinajstić information content (AvgIpc) is 3.43.